The summed E-state index contributed by atoms with van der Waals surface area (Å²) in [5.74, 6) is 4.37. The van der Waals surface area contributed by atoms with Crippen molar-refractivity contribution < 1.29 is 4.74 Å². The molecule has 0 N–H and O–H groups in total. The SMILES string of the molecule is C1COC(C23CC4CC5[C@H](C4)CC52C3)=N1. The lowest BCUT2D eigenvalue weighted by Crippen LogP contribution is -2.42. The zero-order valence-corrected chi connectivity index (χ0v) is 9.04. The summed E-state index contributed by atoms with van der Waals surface area (Å²) in [6.45, 7) is 1.78. The monoisotopic (exact) mass is 203 g/mol. The van der Waals surface area contributed by atoms with Crippen LogP contribution in [0.5, 0.6) is 0 Å². The van der Waals surface area contributed by atoms with E-state index in [9.17, 15) is 0 Å². The van der Waals surface area contributed by atoms with E-state index in [1.54, 1.807) is 6.42 Å². The molecular weight excluding hydrogens is 186 g/mol. The first-order chi connectivity index (χ1) is 7.34. The van der Waals surface area contributed by atoms with E-state index in [1.807, 2.05) is 0 Å². The van der Waals surface area contributed by atoms with E-state index in [0.717, 1.165) is 30.9 Å². The molecule has 0 radical (unpaired) electrons. The van der Waals surface area contributed by atoms with Gasteiger partial charge >= 0.3 is 0 Å². The summed E-state index contributed by atoms with van der Waals surface area (Å²) in [5.41, 5.74) is 1.16. The van der Waals surface area contributed by atoms with E-state index in [-0.39, 0.29) is 0 Å². The lowest BCUT2D eigenvalue weighted by Gasteiger charge is -2.46. The predicted octanol–water partition coefficient (Wildman–Crippen LogP) is 2.24. The molecular formula is C13H17NO. The summed E-state index contributed by atoms with van der Waals surface area (Å²) >= 11 is 0. The number of aliphatic imine (C=N–C) groups is 1. The van der Waals surface area contributed by atoms with Crippen LogP contribution in [0.1, 0.15) is 32.1 Å². The van der Waals surface area contributed by atoms with Gasteiger partial charge in [-0.25, -0.2) is 0 Å². The normalized spacial score (nSPS) is 62.9. The van der Waals surface area contributed by atoms with Crippen LogP contribution in [-0.4, -0.2) is 19.0 Å². The Balaban J connectivity index is 1.62. The van der Waals surface area contributed by atoms with E-state index >= 15 is 0 Å². The first-order valence-corrected chi connectivity index (χ1v) is 6.52. The molecule has 4 unspecified atom stereocenters. The van der Waals surface area contributed by atoms with Crippen LogP contribution < -0.4 is 0 Å². The molecule has 0 aromatic carbocycles. The van der Waals surface area contributed by atoms with Crippen molar-refractivity contribution in [3.63, 3.8) is 0 Å². The van der Waals surface area contributed by atoms with Gasteiger partial charge in [0, 0.05) is 0 Å². The molecule has 2 heteroatoms. The highest BCUT2D eigenvalue weighted by Crippen LogP contribution is 2.87. The molecule has 1 heterocycles. The van der Waals surface area contributed by atoms with Gasteiger partial charge in [-0.1, -0.05) is 0 Å². The molecule has 4 aliphatic carbocycles. The molecule has 15 heavy (non-hydrogen) atoms. The average Bonchev–Trinajstić information content (AvgIpc) is 2.58. The third kappa shape index (κ3) is 0.620. The highest BCUT2D eigenvalue weighted by atomic mass is 16.5. The average molecular weight is 203 g/mol. The molecule has 5 aliphatic rings. The largest absolute Gasteiger partial charge is 0.479 e. The van der Waals surface area contributed by atoms with Crippen LogP contribution in [0.4, 0.5) is 0 Å². The molecule has 0 aromatic heterocycles. The number of hydrogen-bond donors (Lipinski definition) is 0. The number of ether oxygens (including phenoxy) is 1. The molecule has 1 aliphatic heterocycles. The highest BCUT2D eigenvalue weighted by molar-refractivity contribution is 5.89. The molecule has 1 spiro atoms. The molecule has 2 bridgehead atoms. The molecule has 5 rings (SSSR count). The molecule has 5 atom stereocenters. The van der Waals surface area contributed by atoms with Gasteiger partial charge in [0.25, 0.3) is 0 Å². The minimum Gasteiger partial charge on any atom is -0.479 e. The Morgan fingerprint density at radius 3 is 3.13 bits per heavy atom. The van der Waals surface area contributed by atoms with Gasteiger partial charge < -0.3 is 4.74 Å². The van der Waals surface area contributed by atoms with Gasteiger partial charge in [0.15, 0.2) is 5.90 Å². The Morgan fingerprint density at radius 2 is 2.27 bits per heavy atom. The van der Waals surface area contributed by atoms with Gasteiger partial charge in [0.2, 0.25) is 0 Å². The second kappa shape index (κ2) is 1.99. The van der Waals surface area contributed by atoms with Crippen molar-refractivity contribution in [3.05, 3.63) is 0 Å². The molecule has 4 saturated carbocycles. The maximum Gasteiger partial charge on any atom is 0.190 e. The van der Waals surface area contributed by atoms with Crippen molar-refractivity contribution in [1.82, 2.24) is 0 Å². The zero-order valence-electron chi connectivity index (χ0n) is 9.04. The first-order valence-electron chi connectivity index (χ1n) is 6.52. The van der Waals surface area contributed by atoms with Crippen LogP contribution in [0, 0.1) is 28.6 Å². The fourth-order valence-corrected chi connectivity index (χ4v) is 5.78. The summed E-state index contributed by atoms with van der Waals surface area (Å²) in [7, 11) is 0. The smallest absolute Gasteiger partial charge is 0.190 e. The third-order valence-electron chi connectivity index (χ3n) is 6.21. The van der Waals surface area contributed by atoms with Gasteiger partial charge in [-0.05, 0) is 55.3 Å². The van der Waals surface area contributed by atoms with Crippen molar-refractivity contribution in [1.29, 1.82) is 0 Å². The van der Waals surface area contributed by atoms with Crippen LogP contribution >= 0.6 is 0 Å². The number of rotatable bonds is 1. The van der Waals surface area contributed by atoms with E-state index < -0.39 is 0 Å². The summed E-state index contributed by atoms with van der Waals surface area (Å²) in [6, 6.07) is 0. The fraction of sp³-hybridized carbons (Fsp3) is 0.923. The summed E-state index contributed by atoms with van der Waals surface area (Å²) in [4.78, 5) is 4.63. The van der Waals surface area contributed by atoms with Crippen molar-refractivity contribution in [2.24, 2.45) is 33.6 Å². The zero-order chi connectivity index (χ0) is 9.67. The van der Waals surface area contributed by atoms with Gasteiger partial charge in [-0.15, -0.1) is 0 Å². The van der Waals surface area contributed by atoms with Crippen LogP contribution in [0.25, 0.3) is 0 Å². The minimum atomic E-state index is 0.462. The number of hydrogen-bond acceptors (Lipinski definition) is 2. The van der Waals surface area contributed by atoms with Crippen molar-refractivity contribution in [2.45, 2.75) is 32.1 Å². The van der Waals surface area contributed by atoms with Crippen LogP contribution in [0.3, 0.4) is 0 Å². The Kier molecular flexibility index (Phi) is 1.02. The Labute approximate surface area is 90.1 Å². The number of nitrogens with zero attached hydrogens (tertiary/aromatic N) is 1. The molecule has 0 amide bonds. The van der Waals surface area contributed by atoms with Crippen LogP contribution in [-0.2, 0) is 4.74 Å². The Bertz CT molecular complexity index is 390. The predicted molar refractivity (Wildman–Crippen MR) is 56.7 cm³/mol. The van der Waals surface area contributed by atoms with E-state index in [0.29, 0.717) is 10.8 Å². The van der Waals surface area contributed by atoms with Crippen molar-refractivity contribution in [3.8, 4) is 0 Å². The highest BCUT2D eigenvalue weighted by Gasteiger charge is 2.83. The van der Waals surface area contributed by atoms with Crippen molar-refractivity contribution >= 4 is 5.90 Å². The summed E-state index contributed by atoms with van der Waals surface area (Å²) < 4.78 is 5.80. The second-order valence-corrected chi connectivity index (χ2v) is 6.56. The maximum absolute atomic E-state index is 5.80. The fourth-order valence-electron chi connectivity index (χ4n) is 5.78. The number of fused-ring (bicyclic) bond motifs is 1. The Hall–Kier alpha value is -0.530. The van der Waals surface area contributed by atoms with E-state index in [1.165, 1.54) is 31.6 Å². The lowest BCUT2D eigenvalue weighted by atomic mass is 9.58. The first kappa shape index (κ1) is 7.70. The molecule has 2 nitrogen and oxygen atoms in total. The standard InChI is InChI=1S/C13H17NO/c1-2-15-11(14-1)13-5-8-3-9-6-12(13,7-13)10(9)4-8/h8-10H,1-7H2/t8?,9-,10?,12?,13?/m1/s1. The lowest BCUT2D eigenvalue weighted by molar-refractivity contribution is 0.0362. The topological polar surface area (TPSA) is 21.6 Å². The quantitative estimate of drug-likeness (QED) is 0.640. The molecule has 4 fully saturated rings. The summed E-state index contributed by atoms with van der Waals surface area (Å²) in [6.07, 6.45) is 7.42. The van der Waals surface area contributed by atoms with Gasteiger partial charge in [0.05, 0.1) is 12.0 Å². The van der Waals surface area contributed by atoms with Crippen molar-refractivity contribution in [2.75, 3.05) is 13.2 Å². The Morgan fingerprint density at radius 1 is 1.27 bits per heavy atom. The maximum atomic E-state index is 5.80. The third-order valence-corrected chi connectivity index (χ3v) is 6.21. The molecule has 80 valence electrons. The van der Waals surface area contributed by atoms with E-state index in [4.69, 9.17) is 4.74 Å². The minimum absolute atomic E-state index is 0.462. The summed E-state index contributed by atoms with van der Waals surface area (Å²) in [5, 5.41) is 0. The van der Waals surface area contributed by atoms with E-state index in [2.05, 4.69) is 4.99 Å². The van der Waals surface area contributed by atoms with Gasteiger partial charge in [-0.3, -0.25) is 4.99 Å². The molecule has 0 aromatic rings. The van der Waals surface area contributed by atoms with Gasteiger partial charge in [-0.2, -0.15) is 0 Å². The molecule has 0 saturated heterocycles. The van der Waals surface area contributed by atoms with Crippen LogP contribution in [0.2, 0.25) is 0 Å². The second-order valence-electron chi connectivity index (χ2n) is 6.56. The van der Waals surface area contributed by atoms with Crippen LogP contribution in [0.15, 0.2) is 4.99 Å². The van der Waals surface area contributed by atoms with Gasteiger partial charge in [0.1, 0.15) is 6.61 Å².